The molecule has 1 aromatic heterocycles. The zero-order chi connectivity index (χ0) is 16.2. The van der Waals surface area contributed by atoms with Crippen LogP contribution in [-0.4, -0.2) is 27.1 Å². The van der Waals surface area contributed by atoms with E-state index in [0.29, 0.717) is 0 Å². The Morgan fingerprint density at radius 2 is 2.18 bits per heavy atom. The van der Waals surface area contributed by atoms with Gasteiger partial charge in [-0.25, -0.2) is 4.98 Å². The van der Waals surface area contributed by atoms with Crippen LogP contribution in [0.2, 0.25) is 0 Å². The number of hydrogen-bond acceptors (Lipinski definition) is 3. The molecule has 1 amide bonds. The van der Waals surface area contributed by atoms with Crippen molar-refractivity contribution in [2.24, 2.45) is 0 Å². The van der Waals surface area contributed by atoms with Crippen LogP contribution in [-0.2, 0) is 17.5 Å². The van der Waals surface area contributed by atoms with E-state index in [-0.39, 0.29) is 24.6 Å². The van der Waals surface area contributed by atoms with Gasteiger partial charge in [0.15, 0.2) is 0 Å². The minimum atomic E-state index is -4.47. The number of rotatable bonds is 5. The number of carbonyl (C=O) groups excluding carboxylic acids is 1. The van der Waals surface area contributed by atoms with Gasteiger partial charge in [0.05, 0.1) is 18.0 Å². The van der Waals surface area contributed by atoms with Gasteiger partial charge < -0.3 is 15.0 Å². The number of imidazole rings is 1. The zero-order valence-corrected chi connectivity index (χ0v) is 11.4. The van der Waals surface area contributed by atoms with Gasteiger partial charge in [0.2, 0.25) is 5.91 Å². The molecule has 5 nitrogen and oxygen atoms in total. The monoisotopic (exact) mass is 313 g/mol. The van der Waals surface area contributed by atoms with Gasteiger partial charge in [-0.05, 0) is 17.7 Å². The second kappa shape index (κ2) is 6.61. The molecule has 0 aliphatic heterocycles. The van der Waals surface area contributed by atoms with Crippen molar-refractivity contribution < 1.29 is 23.1 Å². The summed E-state index contributed by atoms with van der Waals surface area (Å²) in [5.41, 5.74) is -0.744. The van der Waals surface area contributed by atoms with Crippen molar-refractivity contribution in [3.8, 4) is 0 Å². The third-order valence-corrected chi connectivity index (χ3v) is 2.98. The maximum absolute atomic E-state index is 12.6. The molecule has 1 unspecified atom stereocenters. The molecular weight excluding hydrogens is 299 g/mol. The topological polar surface area (TPSA) is 67.2 Å². The van der Waals surface area contributed by atoms with Gasteiger partial charge in [0, 0.05) is 18.9 Å². The van der Waals surface area contributed by atoms with Gasteiger partial charge in [-0.15, -0.1) is 0 Å². The maximum atomic E-state index is 12.6. The highest BCUT2D eigenvalue weighted by atomic mass is 19.4. The smallest absolute Gasteiger partial charge is 0.387 e. The van der Waals surface area contributed by atoms with Crippen LogP contribution in [0.25, 0.3) is 0 Å². The molecule has 0 radical (unpaired) electrons. The van der Waals surface area contributed by atoms with E-state index < -0.39 is 17.8 Å². The normalized spacial score (nSPS) is 12.9. The quantitative estimate of drug-likeness (QED) is 0.884. The number of hydrogen-bond donors (Lipinski definition) is 2. The molecule has 22 heavy (non-hydrogen) atoms. The summed E-state index contributed by atoms with van der Waals surface area (Å²) >= 11 is 0. The SMILES string of the molecule is O=C(Cn1ccnc1)NCC(O)c1cccc(C(F)(F)F)c1. The van der Waals surface area contributed by atoms with Crippen molar-refractivity contribution in [1.82, 2.24) is 14.9 Å². The largest absolute Gasteiger partial charge is 0.416 e. The van der Waals surface area contributed by atoms with Crippen molar-refractivity contribution in [3.63, 3.8) is 0 Å². The molecule has 0 bridgehead atoms. The Morgan fingerprint density at radius 1 is 1.41 bits per heavy atom. The first kappa shape index (κ1) is 16.0. The third-order valence-electron chi connectivity index (χ3n) is 2.98. The summed E-state index contributed by atoms with van der Waals surface area (Å²) in [6, 6.07) is 4.39. The van der Waals surface area contributed by atoms with Crippen LogP contribution in [0, 0.1) is 0 Å². The number of aliphatic hydroxyl groups is 1. The molecule has 0 spiro atoms. The molecule has 2 rings (SSSR count). The molecule has 0 fully saturated rings. The standard InChI is InChI=1S/C14H14F3N3O2/c15-14(16,17)11-3-1-2-10(6-11)12(21)7-19-13(22)8-20-5-4-18-9-20/h1-6,9,12,21H,7-8H2,(H,19,22). The lowest BCUT2D eigenvalue weighted by Gasteiger charge is -2.14. The number of aliphatic hydroxyl groups excluding tert-OH is 1. The highest BCUT2D eigenvalue weighted by molar-refractivity contribution is 5.75. The molecular formula is C14H14F3N3O2. The van der Waals surface area contributed by atoms with Crippen molar-refractivity contribution in [2.45, 2.75) is 18.8 Å². The summed E-state index contributed by atoms with van der Waals surface area (Å²) in [6.07, 6.45) is -1.11. The lowest BCUT2D eigenvalue weighted by molar-refractivity contribution is -0.137. The predicted molar refractivity (Wildman–Crippen MR) is 71.6 cm³/mol. The van der Waals surface area contributed by atoms with E-state index in [1.807, 2.05) is 0 Å². The number of aromatic nitrogens is 2. The number of carbonyl (C=O) groups is 1. The number of amides is 1. The Morgan fingerprint density at radius 3 is 2.82 bits per heavy atom. The summed E-state index contributed by atoms with van der Waals surface area (Å²) in [4.78, 5) is 15.4. The second-order valence-corrected chi connectivity index (χ2v) is 4.68. The van der Waals surface area contributed by atoms with Gasteiger partial charge in [-0.1, -0.05) is 12.1 Å². The summed E-state index contributed by atoms with van der Waals surface area (Å²) in [7, 11) is 0. The van der Waals surface area contributed by atoms with Crippen molar-refractivity contribution in [1.29, 1.82) is 0 Å². The molecule has 1 heterocycles. The average Bonchev–Trinajstić information content (AvgIpc) is 2.97. The summed E-state index contributed by atoms with van der Waals surface area (Å²) in [5, 5.41) is 12.3. The van der Waals surface area contributed by atoms with E-state index in [9.17, 15) is 23.1 Å². The van der Waals surface area contributed by atoms with Crippen LogP contribution in [0.1, 0.15) is 17.2 Å². The van der Waals surface area contributed by atoms with Crippen molar-refractivity contribution in [2.75, 3.05) is 6.54 Å². The molecule has 118 valence electrons. The van der Waals surface area contributed by atoms with E-state index in [0.717, 1.165) is 12.1 Å². The van der Waals surface area contributed by atoms with Crippen LogP contribution in [0.5, 0.6) is 0 Å². The van der Waals surface area contributed by atoms with E-state index in [4.69, 9.17) is 0 Å². The lowest BCUT2D eigenvalue weighted by Crippen LogP contribution is -2.31. The molecule has 1 atom stereocenters. The molecule has 1 aromatic carbocycles. The first-order valence-corrected chi connectivity index (χ1v) is 6.44. The minimum Gasteiger partial charge on any atom is -0.387 e. The van der Waals surface area contributed by atoms with Gasteiger partial charge in [0.25, 0.3) is 0 Å². The molecule has 8 heteroatoms. The summed E-state index contributed by atoms with van der Waals surface area (Å²) in [5.74, 6) is -0.371. The van der Waals surface area contributed by atoms with Crippen LogP contribution in [0.15, 0.2) is 43.0 Å². The fraction of sp³-hybridized carbons (Fsp3) is 0.286. The van der Waals surface area contributed by atoms with Gasteiger partial charge in [-0.3, -0.25) is 4.79 Å². The highest BCUT2D eigenvalue weighted by Gasteiger charge is 2.30. The fourth-order valence-corrected chi connectivity index (χ4v) is 1.85. The Labute approximate surface area is 124 Å². The predicted octanol–water partition coefficient (Wildman–Crippen LogP) is 1.75. The molecule has 2 N–H and O–H groups in total. The van der Waals surface area contributed by atoms with Gasteiger partial charge in [-0.2, -0.15) is 13.2 Å². The number of halogens is 3. The Balaban J connectivity index is 1.92. The second-order valence-electron chi connectivity index (χ2n) is 4.68. The Hall–Kier alpha value is -2.35. The minimum absolute atomic E-state index is 0.0231. The number of nitrogens with zero attached hydrogens (tertiary/aromatic N) is 2. The third kappa shape index (κ3) is 4.32. The molecule has 0 aliphatic carbocycles. The number of alkyl halides is 3. The van der Waals surface area contributed by atoms with Crippen LogP contribution in [0.4, 0.5) is 13.2 Å². The van der Waals surface area contributed by atoms with Crippen molar-refractivity contribution >= 4 is 5.91 Å². The number of benzene rings is 1. The Bertz CT molecular complexity index is 627. The van der Waals surface area contributed by atoms with E-state index in [1.54, 1.807) is 6.20 Å². The van der Waals surface area contributed by atoms with Crippen LogP contribution < -0.4 is 5.32 Å². The zero-order valence-electron chi connectivity index (χ0n) is 11.4. The van der Waals surface area contributed by atoms with Crippen molar-refractivity contribution in [3.05, 3.63) is 54.1 Å². The van der Waals surface area contributed by atoms with E-state index >= 15 is 0 Å². The summed E-state index contributed by atoms with van der Waals surface area (Å²) in [6.45, 7) is -0.149. The highest BCUT2D eigenvalue weighted by Crippen LogP contribution is 2.30. The van der Waals surface area contributed by atoms with Crippen LogP contribution in [0.3, 0.4) is 0 Å². The average molecular weight is 313 g/mol. The molecule has 0 aliphatic rings. The molecule has 0 saturated carbocycles. The van der Waals surface area contributed by atoms with Crippen LogP contribution >= 0.6 is 0 Å². The number of nitrogens with one attached hydrogen (secondary N) is 1. The first-order chi connectivity index (χ1) is 10.4. The lowest BCUT2D eigenvalue weighted by atomic mass is 10.1. The first-order valence-electron chi connectivity index (χ1n) is 6.44. The summed E-state index contributed by atoms with van der Waals surface area (Å²) < 4.78 is 39.3. The fourth-order valence-electron chi connectivity index (χ4n) is 1.85. The van der Waals surface area contributed by atoms with Gasteiger partial charge >= 0.3 is 6.18 Å². The maximum Gasteiger partial charge on any atom is 0.416 e. The molecule has 0 saturated heterocycles. The van der Waals surface area contributed by atoms with Gasteiger partial charge in [0.1, 0.15) is 6.54 Å². The Kier molecular flexibility index (Phi) is 4.81. The molecule has 2 aromatic rings. The van der Waals surface area contributed by atoms with E-state index in [1.165, 1.54) is 29.2 Å². The van der Waals surface area contributed by atoms with E-state index in [2.05, 4.69) is 10.3 Å².